The quantitative estimate of drug-likeness (QED) is 0.528. The normalized spacial score (nSPS) is 14.1. The summed E-state index contributed by atoms with van der Waals surface area (Å²) in [6.07, 6.45) is 12.3. The summed E-state index contributed by atoms with van der Waals surface area (Å²) in [7, 11) is 0. The minimum absolute atomic E-state index is 0.347. The van der Waals surface area contributed by atoms with Gasteiger partial charge in [-0.2, -0.15) is 0 Å². The molecule has 0 spiro atoms. The van der Waals surface area contributed by atoms with Crippen LogP contribution < -0.4 is 5.73 Å². The Labute approximate surface area is 103 Å². The molecule has 0 amide bonds. The summed E-state index contributed by atoms with van der Waals surface area (Å²) >= 11 is 0. The Bertz CT molecular complexity index is 150. The van der Waals surface area contributed by atoms with E-state index in [1.165, 1.54) is 51.4 Å². The smallest absolute Gasteiger partial charge is 0.00155 e. The summed E-state index contributed by atoms with van der Waals surface area (Å²) in [5.74, 6) is 0. The molecule has 16 heavy (non-hydrogen) atoms. The van der Waals surface area contributed by atoms with Crippen molar-refractivity contribution in [3.8, 4) is 0 Å². The van der Waals surface area contributed by atoms with Crippen LogP contribution >= 0.6 is 0 Å². The van der Waals surface area contributed by atoms with E-state index < -0.39 is 0 Å². The zero-order valence-electron chi connectivity index (χ0n) is 12.0. The molecule has 98 valence electrons. The number of hydrogen-bond acceptors (Lipinski definition) is 1. The van der Waals surface area contributed by atoms with Crippen LogP contribution in [0.1, 0.15) is 85.5 Å². The van der Waals surface area contributed by atoms with Crippen molar-refractivity contribution in [2.24, 2.45) is 11.1 Å². The fraction of sp³-hybridized carbons (Fsp3) is 1.00. The van der Waals surface area contributed by atoms with Crippen molar-refractivity contribution in [3.63, 3.8) is 0 Å². The maximum absolute atomic E-state index is 5.86. The van der Waals surface area contributed by atoms with Crippen molar-refractivity contribution in [1.82, 2.24) is 0 Å². The van der Waals surface area contributed by atoms with Crippen molar-refractivity contribution in [2.45, 2.75) is 91.5 Å². The van der Waals surface area contributed by atoms with Gasteiger partial charge in [-0.15, -0.1) is 0 Å². The molecule has 0 aliphatic carbocycles. The van der Waals surface area contributed by atoms with Crippen LogP contribution in [0.4, 0.5) is 0 Å². The fourth-order valence-corrected chi connectivity index (χ4v) is 2.53. The molecule has 0 radical (unpaired) electrons. The van der Waals surface area contributed by atoms with Crippen molar-refractivity contribution in [3.05, 3.63) is 0 Å². The van der Waals surface area contributed by atoms with Crippen molar-refractivity contribution in [2.75, 3.05) is 0 Å². The molecule has 0 aromatic rings. The Hall–Kier alpha value is -0.0400. The zero-order valence-corrected chi connectivity index (χ0v) is 12.0. The van der Waals surface area contributed by atoms with E-state index in [1.807, 2.05) is 0 Å². The first kappa shape index (κ1) is 16.0. The molecule has 0 heterocycles. The molecule has 0 fully saturated rings. The van der Waals surface area contributed by atoms with Crippen LogP contribution in [-0.2, 0) is 0 Å². The predicted octanol–water partition coefficient (Wildman–Crippen LogP) is 4.89. The lowest BCUT2D eigenvalue weighted by atomic mass is 9.81. The van der Waals surface area contributed by atoms with Crippen LogP contribution in [0.3, 0.4) is 0 Å². The molecule has 1 unspecified atom stereocenters. The summed E-state index contributed by atoms with van der Waals surface area (Å²) in [6, 6.07) is 0.347. The molecule has 0 saturated carbocycles. The first-order valence-corrected chi connectivity index (χ1v) is 7.23. The fourth-order valence-electron chi connectivity index (χ4n) is 2.53. The average molecular weight is 227 g/mol. The largest absolute Gasteiger partial charge is 0.328 e. The molecule has 1 nitrogen and oxygen atoms in total. The summed E-state index contributed by atoms with van der Waals surface area (Å²) < 4.78 is 0. The topological polar surface area (TPSA) is 26.0 Å². The second-order valence-electron chi connectivity index (χ2n) is 6.22. The highest BCUT2D eigenvalue weighted by atomic mass is 14.6. The molecule has 0 rings (SSSR count). The Morgan fingerprint density at radius 2 is 1.44 bits per heavy atom. The van der Waals surface area contributed by atoms with Gasteiger partial charge in [0.05, 0.1) is 0 Å². The zero-order chi connectivity index (χ0) is 12.4. The first-order chi connectivity index (χ1) is 7.48. The molecule has 1 atom stereocenters. The highest BCUT2D eigenvalue weighted by Gasteiger charge is 2.18. The van der Waals surface area contributed by atoms with Gasteiger partial charge in [-0.25, -0.2) is 0 Å². The van der Waals surface area contributed by atoms with Gasteiger partial charge < -0.3 is 5.73 Å². The van der Waals surface area contributed by atoms with Crippen molar-refractivity contribution in [1.29, 1.82) is 0 Å². The number of rotatable bonds is 10. The van der Waals surface area contributed by atoms with Gasteiger partial charge in [-0.3, -0.25) is 0 Å². The van der Waals surface area contributed by atoms with Gasteiger partial charge in [0, 0.05) is 6.04 Å². The van der Waals surface area contributed by atoms with Gasteiger partial charge in [0.2, 0.25) is 0 Å². The van der Waals surface area contributed by atoms with E-state index in [-0.39, 0.29) is 0 Å². The van der Waals surface area contributed by atoms with Crippen LogP contribution in [0.15, 0.2) is 0 Å². The van der Waals surface area contributed by atoms with Gasteiger partial charge in [0.1, 0.15) is 0 Å². The maximum atomic E-state index is 5.86. The molecule has 0 aliphatic heterocycles. The maximum Gasteiger partial charge on any atom is 0.00155 e. The third kappa shape index (κ3) is 10.5. The predicted molar refractivity (Wildman–Crippen MR) is 74.7 cm³/mol. The standard InChI is InChI=1S/C15H33N/c1-5-6-7-8-9-10-11-12-15(3,4)13-14(2)16/h14H,5-13,16H2,1-4H3. The monoisotopic (exact) mass is 227 g/mol. The molecule has 2 N–H and O–H groups in total. The lowest BCUT2D eigenvalue weighted by molar-refractivity contribution is 0.276. The Morgan fingerprint density at radius 3 is 1.94 bits per heavy atom. The van der Waals surface area contributed by atoms with Crippen LogP contribution in [0.2, 0.25) is 0 Å². The minimum Gasteiger partial charge on any atom is -0.328 e. The lowest BCUT2D eigenvalue weighted by Gasteiger charge is -2.26. The van der Waals surface area contributed by atoms with E-state index in [0.717, 1.165) is 6.42 Å². The molecule has 0 aromatic heterocycles. The van der Waals surface area contributed by atoms with Crippen LogP contribution in [0, 0.1) is 5.41 Å². The van der Waals surface area contributed by atoms with Gasteiger partial charge in [0.25, 0.3) is 0 Å². The van der Waals surface area contributed by atoms with Crippen LogP contribution in [0.25, 0.3) is 0 Å². The molecule has 0 aliphatic rings. The minimum atomic E-state index is 0.347. The van der Waals surface area contributed by atoms with E-state index in [0.29, 0.717) is 11.5 Å². The van der Waals surface area contributed by atoms with Crippen molar-refractivity contribution >= 4 is 0 Å². The number of unbranched alkanes of at least 4 members (excludes halogenated alkanes) is 6. The summed E-state index contributed by atoms with van der Waals surface area (Å²) in [5.41, 5.74) is 6.31. The molecule has 0 bridgehead atoms. The van der Waals surface area contributed by atoms with E-state index in [4.69, 9.17) is 5.73 Å². The molecular weight excluding hydrogens is 194 g/mol. The first-order valence-electron chi connectivity index (χ1n) is 7.23. The molecule has 1 heteroatoms. The molecular formula is C15H33N. The summed E-state index contributed by atoms with van der Waals surface area (Å²) in [5, 5.41) is 0. The SMILES string of the molecule is CCCCCCCCCC(C)(C)CC(C)N. The molecule has 0 saturated heterocycles. The average Bonchev–Trinajstić information content (AvgIpc) is 2.14. The second kappa shape index (κ2) is 9.04. The second-order valence-corrected chi connectivity index (χ2v) is 6.22. The van der Waals surface area contributed by atoms with Crippen LogP contribution in [0.5, 0.6) is 0 Å². The van der Waals surface area contributed by atoms with Gasteiger partial charge in [-0.1, -0.05) is 65.7 Å². The summed E-state index contributed by atoms with van der Waals surface area (Å²) in [6.45, 7) is 9.10. The van der Waals surface area contributed by atoms with Gasteiger partial charge in [0.15, 0.2) is 0 Å². The number of nitrogens with two attached hydrogens (primary N) is 1. The van der Waals surface area contributed by atoms with E-state index >= 15 is 0 Å². The van der Waals surface area contributed by atoms with Gasteiger partial charge in [-0.05, 0) is 25.2 Å². The summed E-state index contributed by atoms with van der Waals surface area (Å²) in [4.78, 5) is 0. The lowest BCUT2D eigenvalue weighted by Crippen LogP contribution is -2.24. The van der Waals surface area contributed by atoms with Gasteiger partial charge >= 0.3 is 0 Å². The van der Waals surface area contributed by atoms with Crippen molar-refractivity contribution < 1.29 is 0 Å². The Morgan fingerprint density at radius 1 is 0.938 bits per heavy atom. The third-order valence-electron chi connectivity index (χ3n) is 3.33. The van der Waals surface area contributed by atoms with E-state index in [1.54, 1.807) is 0 Å². The number of hydrogen-bond donors (Lipinski definition) is 1. The third-order valence-corrected chi connectivity index (χ3v) is 3.33. The highest BCUT2D eigenvalue weighted by molar-refractivity contribution is 4.73. The highest BCUT2D eigenvalue weighted by Crippen LogP contribution is 2.28. The Balaban J connectivity index is 3.36. The molecule has 0 aromatic carbocycles. The Kier molecular flexibility index (Phi) is 9.02. The van der Waals surface area contributed by atoms with Crippen LogP contribution in [-0.4, -0.2) is 6.04 Å². The van der Waals surface area contributed by atoms with E-state index in [2.05, 4.69) is 27.7 Å². The van der Waals surface area contributed by atoms with E-state index in [9.17, 15) is 0 Å².